The molecular formula is C17H25N5O5. The van der Waals surface area contributed by atoms with Gasteiger partial charge in [-0.3, -0.25) is 9.59 Å². The van der Waals surface area contributed by atoms with E-state index in [-0.39, 0.29) is 46.5 Å². The van der Waals surface area contributed by atoms with E-state index in [2.05, 4.69) is 15.6 Å². The van der Waals surface area contributed by atoms with Gasteiger partial charge in [-0.25, -0.2) is 9.79 Å². The van der Waals surface area contributed by atoms with Crippen LogP contribution in [0.3, 0.4) is 0 Å². The normalized spacial score (nSPS) is 10.2. The van der Waals surface area contributed by atoms with Crippen LogP contribution in [0.15, 0.2) is 17.1 Å². The Morgan fingerprint density at radius 3 is 2.26 bits per heavy atom. The molecule has 0 saturated carbocycles. The van der Waals surface area contributed by atoms with Crippen molar-refractivity contribution in [3.63, 3.8) is 0 Å². The molecule has 0 aliphatic heterocycles. The maximum atomic E-state index is 12.4. The topological polar surface area (TPSA) is 169 Å². The molecule has 0 unspecified atom stereocenters. The first-order valence-corrected chi connectivity index (χ1v) is 8.38. The fourth-order valence-electron chi connectivity index (χ4n) is 2.34. The number of ether oxygens (including phenoxy) is 1. The molecule has 10 heteroatoms. The van der Waals surface area contributed by atoms with Gasteiger partial charge in [0.1, 0.15) is 5.75 Å². The summed E-state index contributed by atoms with van der Waals surface area (Å²) in [5.74, 6) is -2.24. The van der Waals surface area contributed by atoms with Crippen LogP contribution in [0.5, 0.6) is 5.75 Å². The Balaban J connectivity index is 3.41. The summed E-state index contributed by atoms with van der Waals surface area (Å²) in [5, 5.41) is 14.1. The van der Waals surface area contributed by atoms with Gasteiger partial charge < -0.3 is 31.9 Å². The van der Waals surface area contributed by atoms with Gasteiger partial charge in [-0.2, -0.15) is 0 Å². The zero-order chi connectivity index (χ0) is 20.6. The van der Waals surface area contributed by atoms with Crippen LogP contribution in [0.4, 0.5) is 17.1 Å². The number of nitrogens with two attached hydrogens (primary N) is 2. The van der Waals surface area contributed by atoms with Gasteiger partial charge in [0.2, 0.25) is 11.8 Å². The molecule has 1 aromatic rings. The van der Waals surface area contributed by atoms with Gasteiger partial charge in [-0.05, 0) is 18.9 Å². The van der Waals surface area contributed by atoms with E-state index in [4.69, 9.17) is 21.3 Å². The van der Waals surface area contributed by atoms with Gasteiger partial charge in [0, 0.05) is 18.9 Å². The smallest absolute Gasteiger partial charge is 0.341 e. The van der Waals surface area contributed by atoms with Crippen LogP contribution in [-0.2, 0) is 14.4 Å². The molecule has 0 saturated heterocycles. The van der Waals surface area contributed by atoms with Crippen molar-refractivity contribution in [3.8, 4) is 5.75 Å². The number of carbonyl (C=O) groups is 3. The molecule has 2 amide bonds. The number of hydrogen-bond donors (Lipinski definition) is 5. The number of amides is 2. The van der Waals surface area contributed by atoms with Crippen LogP contribution >= 0.6 is 0 Å². The summed E-state index contributed by atoms with van der Waals surface area (Å²) in [5.41, 5.74) is 11.4. The second-order valence-electron chi connectivity index (χ2n) is 5.77. The molecule has 0 atom stereocenters. The van der Waals surface area contributed by atoms with Crippen LogP contribution < -0.4 is 26.8 Å². The second-order valence-corrected chi connectivity index (χ2v) is 5.77. The average Bonchev–Trinajstić information content (AvgIpc) is 2.55. The second kappa shape index (κ2) is 10.00. The molecule has 7 N–H and O–H groups in total. The molecule has 0 heterocycles. The molecule has 0 radical (unpaired) electrons. The molecule has 1 aromatic carbocycles. The molecule has 27 heavy (non-hydrogen) atoms. The van der Waals surface area contributed by atoms with Gasteiger partial charge in [0.05, 0.1) is 17.1 Å². The quantitative estimate of drug-likeness (QED) is 0.319. The molecule has 0 fully saturated rings. The van der Waals surface area contributed by atoms with Crippen molar-refractivity contribution < 1.29 is 24.2 Å². The summed E-state index contributed by atoms with van der Waals surface area (Å²) in [7, 11) is 0. The number of aliphatic carboxylic acids is 1. The van der Waals surface area contributed by atoms with Gasteiger partial charge in [-0.1, -0.05) is 13.8 Å². The number of carboxylic acids is 1. The molecule has 10 nitrogen and oxygen atoms in total. The summed E-state index contributed by atoms with van der Waals surface area (Å²) in [4.78, 5) is 38.6. The number of aliphatic imine (C=N–C) groups is 1. The molecule has 1 rings (SSSR count). The lowest BCUT2D eigenvalue weighted by atomic mass is 10.0. The summed E-state index contributed by atoms with van der Waals surface area (Å²) >= 11 is 0. The minimum atomic E-state index is -1.19. The van der Waals surface area contributed by atoms with Crippen molar-refractivity contribution in [2.24, 2.45) is 22.4 Å². The molecule has 0 spiro atoms. The van der Waals surface area contributed by atoms with Crippen LogP contribution in [0.1, 0.15) is 33.6 Å². The number of carbonyl (C=O) groups excluding carboxylic acids is 2. The van der Waals surface area contributed by atoms with Crippen LogP contribution in [0, 0.1) is 5.92 Å². The highest BCUT2D eigenvalue weighted by Gasteiger charge is 2.19. The number of guanidine groups is 1. The number of benzene rings is 1. The fourth-order valence-corrected chi connectivity index (χ4v) is 2.34. The van der Waals surface area contributed by atoms with Gasteiger partial charge in [0.25, 0.3) is 0 Å². The maximum absolute atomic E-state index is 12.4. The zero-order valence-electron chi connectivity index (χ0n) is 15.5. The summed E-state index contributed by atoms with van der Waals surface area (Å²) in [6.45, 7) is 4.45. The summed E-state index contributed by atoms with van der Waals surface area (Å²) < 4.78 is 5.25. The number of nitrogens with one attached hydrogen (secondary N) is 2. The third-order valence-corrected chi connectivity index (χ3v) is 3.62. The standard InChI is InChI=1S/C17H25N5O5/c1-4-10(5-2)16(26)21-13-6-11(20-9(3)23)12(22-17(18)19)7-14(13)27-8-15(24)25/h6-7,10H,4-5,8H2,1-3H3,(H,20,23)(H,21,26)(H,24,25)(H4,18,19,22). The summed E-state index contributed by atoms with van der Waals surface area (Å²) in [6, 6.07) is 2.76. The Hall–Kier alpha value is -3.30. The van der Waals surface area contributed by atoms with Crippen LogP contribution in [0.25, 0.3) is 0 Å². The predicted molar refractivity (Wildman–Crippen MR) is 102 cm³/mol. The highest BCUT2D eigenvalue weighted by atomic mass is 16.5. The molecule has 0 aromatic heterocycles. The number of carboxylic acid groups (broad SMARTS) is 1. The lowest BCUT2D eigenvalue weighted by Crippen LogP contribution is -2.23. The van der Waals surface area contributed by atoms with Crippen molar-refractivity contribution >= 4 is 40.8 Å². The fraction of sp³-hybridized carbons (Fsp3) is 0.412. The molecule has 0 aliphatic carbocycles. The van der Waals surface area contributed by atoms with Gasteiger partial charge >= 0.3 is 5.97 Å². The van der Waals surface area contributed by atoms with E-state index >= 15 is 0 Å². The van der Waals surface area contributed by atoms with Crippen molar-refractivity contribution in [2.45, 2.75) is 33.6 Å². The summed E-state index contributed by atoms with van der Waals surface area (Å²) in [6.07, 6.45) is 1.27. The Morgan fingerprint density at radius 2 is 1.78 bits per heavy atom. The van der Waals surface area contributed by atoms with Crippen LogP contribution in [-0.4, -0.2) is 35.5 Å². The molecule has 148 valence electrons. The minimum Gasteiger partial charge on any atom is -0.480 e. The largest absolute Gasteiger partial charge is 0.480 e. The van der Waals surface area contributed by atoms with E-state index in [1.165, 1.54) is 19.1 Å². The lowest BCUT2D eigenvalue weighted by Gasteiger charge is -2.18. The Kier molecular flexibility index (Phi) is 8.05. The van der Waals surface area contributed by atoms with E-state index < -0.39 is 12.6 Å². The van der Waals surface area contributed by atoms with Crippen LogP contribution in [0.2, 0.25) is 0 Å². The van der Waals surface area contributed by atoms with E-state index in [1.54, 1.807) is 0 Å². The first-order chi connectivity index (χ1) is 12.7. The van der Waals surface area contributed by atoms with Gasteiger partial charge in [-0.15, -0.1) is 0 Å². The predicted octanol–water partition coefficient (Wildman–Crippen LogP) is 1.39. The van der Waals surface area contributed by atoms with Crippen molar-refractivity contribution in [1.29, 1.82) is 0 Å². The lowest BCUT2D eigenvalue weighted by molar-refractivity contribution is -0.139. The number of anilines is 2. The van der Waals surface area contributed by atoms with E-state index in [0.717, 1.165) is 0 Å². The van der Waals surface area contributed by atoms with Crippen molar-refractivity contribution in [1.82, 2.24) is 0 Å². The van der Waals surface area contributed by atoms with E-state index in [0.29, 0.717) is 12.8 Å². The number of rotatable bonds is 9. The third-order valence-electron chi connectivity index (χ3n) is 3.62. The van der Waals surface area contributed by atoms with E-state index in [1.807, 2.05) is 13.8 Å². The first kappa shape index (κ1) is 21.7. The van der Waals surface area contributed by atoms with Crippen molar-refractivity contribution in [3.05, 3.63) is 12.1 Å². The average molecular weight is 379 g/mol. The monoisotopic (exact) mass is 379 g/mol. The Bertz CT molecular complexity index is 739. The zero-order valence-corrected chi connectivity index (χ0v) is 15.5. The maximum Gasteiger partial charge on any atom is 0.341 e. The Morgan fingerprint density at radius 1 is 1.15 bits per heavy atom. The minimum absolute atomic E-state index is 0.0609. The number of hydrogen-bond acceptors (Lipinski definition) is 5. The molecule has 0 bridgehead atoms. The van der Waals surface area contributed by atoms with Crippen molar-refractivity contribution in [2.75, 3.05) is 17.2 Å². The third kappa shape index (κ3) is 6.84. The highest BCUT2D eigenvalue weighted by Crippen LogP contribution is 2.37. The first-order valence-electron chi connectivity index (χ1n) is 8.38. The SMILES string of the molecule is CCC(CC)C(=O)Nc1cc(NC(C)=O)c(N=C(N)N)cc1OCC(=O)O. The molecule has 0 aliphatic rings. The van der Waals surface area contributed by atoms with E-state index in [9.17, 15) is 14.4 Å². The van der Waals surface area contributed by atoms with Gasteiger partial charge in [0.15, 0.2) is 12.6 Å². The highest BCUT2D eigenvalue weighted by molar-refractivity contribution is 5.99. The molecular weight excluding hydrogens is 354 g/mol. The Labute approximate surface area is 157 Å². The number of nitrogens with zero attached hydrogens (tertiary/aromatic N) is 1.